The van der Waals surface area contributed by atoms with Crippen molar-refractivity contribution in [3.8, 4) is 0 Å². The van der Waals surface area contributed by atoms with Crippen LogP contribution in [-0.2, 0) is 5.41 Å². The summed E-state index contributed by atoms with van der Waals surface area (Å²) in [6.07, 6.45) is 3.26. The van der Waals surface area contributed by atoms with E-state index in [1.54, 1.807) is 6.07 Å². The molecule has 0 bridgehead atoms. The fourth-order valence-corrected chi connectivity index (χ4v) is 2.54. The van der Waals surface area contributed by atoms with Gasteiger partial charge in [0.25, 0.3) is 11.8 Å². The Morgan fingerprint density at radius 2 is 1.89 bits per heavy atom. The molecule has 3 heteroatoms. The van der Waals surface area contributed by atoms with Crippen LogP contribution in [0.4, 0.5) is 0 Å². The predicted octanol–water partition coefficient (Wildman–Crippen LogP) is 3.04. The third kappa shape index (κ3) is 2.05. The lowest BCUT2D eigenvalue weighted by Gasteiger charge is -2.26. The summed E-state index contributed by atoms with van der Waals surface area (Å²) in [4.78, 5) is 23.5. The summed E-state index contributed by atoms with van der Waals surface area (Å²) >= 11 is 0. The highest BCUT2D eigenvalue weighted by atomic mass is 16.2. The van der Waals surface area contributed by atoms with E-state index in [0.29, 0.717) is 11.1 Å². The molecule has 0 atom stereocenters. The van der Waals surface area contributed by atoms with Gasteiger partial charge >= 0.3 is 0 Å². The predicted molar refractivity (Wildman–Crippen MR) is 70.8 cm³/mol. The lowest BCUT2D eigenvalue weighted by atomic mass is 9.77. The second-order valence-electron chi connectivity index (χ2n) is 5.50. The van der Waals surface area contributed by atoms with Crippen molar-refractivity contribution in [2.45, 2.75) is 45.4 Å². The molecular weight excluding hydrogens is 226 g/mol. The third-order valence-electron chi connectivity index (χ3n) is 3.65. The molecule has 0 unspecified atom stereocenters. The van der Waals surface area contributed by atoms with Crippen LogP contribution in [-0.4, -0.2) is 11.8 Å². The van der Waals surface area contributed by atoms with Gasteiger partial charge in [-0.2, -0.15) is 0 Å². The number of carbonyl (C=O) groups excluding carboxylic acids is 2. The zero-order chi connectivity index (χ0) is 13.3. The van der Waals surface area contributed by atoms with Crippen molar-refractivity contribution in [2.24, 2.45) is 0 Å². The van der Waals surface area contributed by atoms with E-state index in [2.05, 4.69) is 26.1 Å². The second-order valence-corrected chi connectivity index (χ2v) is 5.50. The van der Waals surface area contributed by atoms with Crippen LogP contribution >= 0.6 is 0 Å². The quantitative estimate of drug-likeness (QED) is 0.829. The first-order chi connectivity index (χ1) is 8.47. The minimum absolute atomic E-state index is 0.0800. The number of unbranched alkanes of at least 4 members (excludes halogenated alkanes) is 1. The maximum atomic E-state index is 11.9. The Morgan fingerprint density at radius 1 is 1.17 bits per heavy atom. The van der Waals surface area contributed by atoms with Crippen molar-refractivity contribution in [3.63, 3.8) is 0 Å². The Hall–Kier alpha value is -1.64. The number of amides is 2. The highest BCUT2D eigenvalue weighted by Crippen LogP contribution is 2.34. The number of benzene rings is 1. The minimum atomic E-state index is -0.275. The molecule has 2 rings (SSSR count). The zero-order valence-corrected chi connectivity index (χ0v) is 11.2. The van der Waals surface area contributed by atoms with Gasteiger partial charge in [0.1, 0.15) is 0 Å². The first-order valence-electron chi connectivity index (χ1n) is 6.46. The van der Waals surface area contributed by atoms with E-state index in [1.807, 2.05) is 12.1 Å². The molecule has 0 saturated carbocycles. The molecule has 0 radical (unpaired) electrons. The van der Waals surface area contributed by atoms with Gasteiger partial charge in [0.05, 0.1) is 11.1 Å². The van der Waals surface area contributed by atoms with Crippen LogP contribution in [0.3, 0.4) is 0 Å². The Balaban J connectivity index is 2.47. The second kappa shape index (κ2) is 4.56. The van der Waals surface area contributed by atoms with Gasteiger partial charge in [-0.15, -0.1) is 0 Å². The van der Waals surface area contributed by atoms with Crippen LogP contribution in [0.2, 0.25) is 0 Å². The monoisotopic (exact) mass is 245 g/mol. The van der Waals surface area contributed by atoms with E-state index < -0.39 is 0 Å². The van der Waals surface area contributed by atoms with Crippen LogP contribution in [0.1, 0.15) is 66.3 Å². The molecule has 18 heavy (non-hydrogen) atoms. The number of imide groups is 1. The fraction of sp³-hybridized carbons (Fsp3) is 0.467. The smallest absolute Gasteiger partial charge is 0.259 e. The average Bonchev–Trinajstić information content (AvgIpc) is 2.63. The molecule has 0 fully saturated rings. The Morgan fingerprint density at radius 3 is 2.56 bits per heavy atom. The summed E-state index contributed by atoms with van der Waals surface area (Å²) in [6.45, 7) is 6.42. The summed E-state index contributed by atoms with van der Waals surface area (Å²) < 4.78 is 0. The van der Waals surface area contributed by atoms with E-state index in [0.717, 1.165) is 24.8 Å². The van der Waals surface area contributed by atoms with Crippen molar-refractivity contribution >= 4 is 11.8 Å². The molecule has 1 N–H and O–H groups in total. The lowest BCUT2D eigenvalue weighted by molar-refractivity contribution is 0.0879. The third-order valence-corrected chi connectivity index (χ3v) is 3.65. The molecule has 1 heterocycles. The van der Waals surface area contributed by atoms with Crippen LogP contribution in [0, 0.1) is 0 Å². The van der Waals surface area contributed by atoms with Gasteiger partial charge in [-0.3, -0.25) is 14.9 Å². The normalized spacial score (nSPS) is 14.6. The van der Waals surface area contributed by atoms with Crippen LogP contribution < -0.4 is 5.32 Å². The standard InChI is InChI=1S/C15H19NO2/c1-4-5-9-15(2,3)11-8-6-7-10-12(11)14(18)16-13(10)17/h6-8H,4-5,9H2,1-3H3,(H,16,17,18). The van der Waals surface area contributed by atoms with Crippen molar-refractivity contribution in [2.75, 3.05) is 0 Å². The van der Waals surface area contributed by atoms with E-state index in [9.17, 15) is 9.59 Å². The number of hydrogen-bond acceptors (Lipinski definition) is 2. The Kier molecular flexibility index (Phi) is 3.24. The van der Waals surface area contributed by atoms with Gasteiger partial charge in [0, 0.05) is 0 Å². The maximum Gasteiger partial charge on any atom is 0.259 e. The minimum Gasteiger partial charge on any atom is -0.288 e. The number of fused-ring (bicyclic) bond motifs is 1. The summed E-state index contributed by atoms with van der Waals surface area (Å²) in [7, 11) is 0. The highest BCUT2D eigenvalue weighted by Gasteiger charge is 2.34. The fourth-order valence-electron chi connectivity index (χ4n) is 2.54. The summed E-state index contributed by atoms with van der Waals surface area (Å²) in [5, 5.41) is 2.37. The highest BCUT2D eigenvalue weighted by molar-refractivity contribution is 6.22. The van der Waals surface area contributed by atoms with Gasteiger partial charge in [0.15, 0.2) is 0 Å². The molecule has 0 saturated heterocycles. The summed E-state index contributed by atoms with van der Waals surface area (Å²) in [5.74, 6) is -0.529. The van der Waals surface area contributed by atoms with Crippen LogP contribution in [0.25, 0.3) is 0 Å². The molecule has 3 nitrogen and oxygen atoms in total. The van der Waals surface area contributed by atoms with Crippen molar-refractivity contribution in [1.82, 2.24) is 5.32 Å². The topological polar surface area (TPSA) is 46.2 Å². The van der Waals surface area contributed by atoms with Crippen LogP contribution in [0.5, 0.6) is 0 Å². The molecule has 96 valence electrons. The molecule has 1 aromatic rings. The maximum absolute atomic E-state index is 11.9. The molecular formula is C15H19NO2. The van der Waals surface area contributed by atoms with Crippen molar-refractivity contribution < 1.29 is 9.59 Å². The van der Waals surface area contributed by atoms with E-state index in [1.165, 1.54) is 0 Å². The van der Waals surface area contributed by atoms with Crippen molar-refractivity contribution in [1.29, 1.82) is 0 Å². The van der Waals surface area contributed by atoms with Gasteiger partial charge in [-0.05, 0) is 23.5 Å². The first-order valence-corrected chi connectivity index (χ1v) is 6.46. The largest absolute Gasteiger partial charge is 0.288 e. The van der Waals surface area contributed by atoms with Gasteiger partial charge in [-0.1, -0.05) is 45.7 Å². The van der Waals surface area contributed by atoms with E-state index >= 15 is 0 Å². The molecule has 0 spiro atoms. The summed E-state index contributed by atoms with van der Waals surface area (Å²) in [6, 6.07) is 5.54. The molecule has 2 amide bonds. The molecule has 1 aliphatic heterocycles. The Bertz CT molecular complexity index is 503. The first kappa shape index (κ1) is 12.8. The summed E-state index contributed by atoms with van der Waals surface area (Å²) in [5.41, 5.74) is 1.99. The average molecular weight is 245 g/mol. The molecule has 0 aromatic heterocycles. The van der Waals surface area contributed by atoms with Gasteiger partial charge < -0.3 is 0 Å². The van der Waals surface area contributed by atoms with E-state index in [-0.39, 0.29) is 17.2 Å². The van der Waals surface area contributed by atoms with E-state index in [4.69, 9.17) is 0 Å². The lowest BCUT2D eigenvalue weighted by Crippen LogP contribution is -2.23. The molecule has 0 aliphatic carbocycles. The number of hydrogen-bond donors (Lipinski definition) is 1. The van der Waals surface area contributed by atoms with Crippen LogP contribution in [0.15, 0.2) is 18.2 Å². The van der Waals surface area contributed by atoms with Gasteiger partial charge in [-0.25, -0.2) is 0 Å². The number of rotatable bonds is 4. The Labute approximate surface area is 108 Å². The SMILES string of the molecule is CCCCC(C)(C)c1cccc2c1C(=O)NC2=O. The number of carbonyl (C=O) groups is 2. The van der Waals surface area contributed by atoms with Gasteiger partial charge in [0.2, 0.25) is 0 Å². The number of nitrogens with one attached hydrogen (secondary N) is 1. The van der Waals surface area contributed by atoms with Crippen molar-refractivity contribution in [3.05, 3.63) is 34.9 Å². The molecule has 1 aliphatic rings. The zero-order valence-electron chi connectivity index (χ0n) is 11.2. The molecule has 1 aromatic carbocycles.